The lowest BCUT2D eigenvalue weighted by Gasteiger charge is -2.25. The van der Waals surface area contributed by atoms with Gasteiger partial charge >= 0.3 is 0 Å². The highest BCUT2D eigenvalue weighted by Gasteiger charge is 2.23. The van der Waals surface area contributed by atoms with Crippen molar-refractivity contribution in [3.05, 3.63) is 11.4 Å². The molecule has 0 saturated heterocycles. The van der Waals surface area contributed by atoms with Gasteiger partial charge in [0.15, 0.2) is 5.69 Å². The highest BCUT2D eigenvalue weighted by Crippen LogP contribution is 2.17. The Kier molecular flexibility index (Phi) is 4.51. The first-order chi connectivity index (χ1) is 8.02. The fourth-order valence-corrected chi connectivity index (χ4v) is 1.66. The van der Waals surface area contributed by atoms with Crippen molar-refractivity contribution in [3.63, 3.8) is 0 Å². The van der Waals surface area contributed by atoms with Gasteiger partial charge in [0.2, 0.25) is 0 Å². The molecule has 0 aliphatic rings. The second-order valence-electron chi connectivity index (χ2n) is 4.13. The summed E-state index contributed by atoms with van der Waals surface area (Å²) in [6.07, 6.45) is 0.702. The summed E-state index contributed by atoms with van der Waals surface area (Å²) in [4.78, 5) is 13.7. The van der Waals surface area contributed by atoms with Gasteiger partial charge in [-0.05, 0) is 20.3 Å². The van der Waals surface area contributed by atoms with Crippen molar-refractivity contribution in [1.82, 2.24) is 15.1 Å². The van der Waals surface area contributed by atoms with Crippen LogP contribution in [0.25, 0.3) is 0 Å². The van der Waals surface area contributed by atoms with Crippen LogP contribution in [0.15, 0.2) is 0 Å². The molecule has 17 heavy (non-hydrogen) atoms. The standard InChI is InChI=1S/C11H20N4O2/c1-4-8-9(12)10(14-13-8)11(17)15(5-6-16)7(2)3/h7,16H,4-6,12H2,1-3H3,(H,13,14). The number of aromatic nitrogens is 2. The SMILES string of the molecule is CCc1[nH]nc(C(=O)N(CCO)C(C)C)c1N. The molecule has 0 aliphatic carbocycles. The number of hydrogen-bond donors (Lipinski definition) is 3. The van der Waals surface area contributed by atoms with Gasteiger partial charge in [0, 0.05) is 12.6 Å². The van der Waals surface area contributed by atoms with Crippen molar-refractivity contribution in [3.8, 4) is 0 Å². The molecule has 0 aliphatic heterocycles. The van der Waals surface area contributed by atoms with Crippen molar-refractivity contribution in [2.24, 2.45) is 0 Å². The summed E-state index contributed by atoms with van der Waals surface area (Å²) in [5, 5.41) is 15.7. The van der Waals surface area contributed by atoms with Crippen LogP contribution in [0.4, 0.5) is 5.69 Å². The summed E-state index contributed by atoms with van der Waals surface area (Å²) < 4.78 is 0. The predicted molar refractivity (Wildman–Crippen MR) is 65.6 cm³/mol. The fraction of sp³-hybridized carbons (Fsp3) is 0.636. The number of carbonyl (C=O) groups excluding carboxylic acids is 1. The molecule has 0 saturated carbocycles. The van der Waals surface area contributed by atoms with Crippen molar-refractivity contribution in [2.45, 2.75) is 33.2 Å². The Morgan fingerprint density at radius 1 is 1.59 bits per heavy atom. The van der Waals surface area contributed by atoms with Gasteiger partial charge in [0.05, 0.1) is 18.0 Å². The summed E-state index contributed by atoms with van der Waals surface area (Å²) in [6, 6.07) is -0.00386. The first-order valence-corrected chi connectivity index (χ1v) is 5.77. The molecule has 6 heteroatoms. The number of nitrogen functional groups attached to an aromatic ring is 1. The summed E-state index contributed by atoms with van der Waals surface area (Å²) in [5.41, 5.74) is 7.25. The number of anilines is 1. The van der Waals surface area contributed by atoms with E-state index in [4.69, 9.17) is 10.8 Å². The van der Waals surface area contributed by atoms with E-state index < -0.39 is 0 Å². The zero-order valence-electron chi connectivity index (χ0n) is 10.5. The van der Waals surface area contributed by atoms with Crippen molar-refractivity contribution in [2.75, 3.05) is 18.9 Å². The first kappa shape index (κ1) is 13.5. The summed E-state index contributed by atoms with van der Waals surface area (Å²) >= 11 is 0. The molecule has 1 aromatic heterocycles. The topological polar surface area (TPSA) is 95.2 Å². The van der Waals surface area contributed by atoms with Gasteiger partial charge in [-0.25, -0.2) is 0 Å². The molecule has 4 N–H and O–H groups in total. The van der Waals surface area contributed by atoms with Gasteiger partial charge in [0.25, 0.3) is 5.91 Å². The molecule has 6 nitrogen and oxygen atoms in total. The summed E-state index contributed by atoms with van der Waals surface area (Å²) in [7, 11) is 0. The number of amides is 1. The number of aliphatic hydroxyl groups is 1. The maximum Gasteiger partial charge on any atom is 0.276 e. The summed E-state index contributed by atoms with van der Waals surface area (Å²) in [5.74, 6) is -0.248. The quantitative estimate of drug-likeness (QED) is 0.694. The Hall–Kier alpha value is -1.56. The van der Waals surface area contributed by atoms with E-state index in [2.05, 4.69) is 10.2 Å². The van der Waals surface area contributed by atoms with Crippen molar-refractivity contribution in [1.29, 1.82) is 0 Å². The molecule has 0 spiro atoms. The smallest absolute Gasteiger partial charge is 0.276 e. The normalized spacial score (nSPS) is 10.9. The molecule has 0 radical (unpaired) electrons. The number of H-pyrrole nitrogens is 1. The molecule has 0 bridgehead atoms. The largest absolute Gasteiger partial charge is 0.395 e. The maximum absolute atomic E-state index is 12.2. The first-order valence-electron chi connectivity index (χ1n) is 5.77. The summed E-state index contributed by atoms with van der Waals surface area (Å²) in [6.45, 7) is 5.92. The Labute approximate surface area is 101 Å². The van der Waals surface area contributed by atoms with Crippen LogP contribution in [0, 0.1) is 0 Å². The monoisotopic (exact) mass is 240 g/mol. The number of hydrogen-bond acceptors (Lipinski definition) is 4. The minimum Gasteiger partial charge on any atom is -0.395 e. The average molecular weight is 240 g/mol. The minimum absolute atomic E-state index is 0.00386. The predicted octanol–water partition coefficient (Wildman–Crippen LogP) is 0.397. The Bertz CT molecular complexity index is 387. The van der Waals surface area contributed by atoms with E-state index in [1.54, 1.807) is 4.90 Å². The molecule has 0 unspecified atom stereocenters. The number of aromatic amines is 1. The number of nitrogens with two attached hydrogens (primary N) is 1. The van der Waals surface area contributed by atoms with Crippen LogP contribution < -0.4 is 5.73 Å². The van der Waals surface area contributed by atoms with E-state index in [0.717, 1.165) is 5.69 Å². The van der Waals surface area contributed by atoms with E-state index >= 15 is 0 Å². The van der Waals surface area contributed by atoms with E-state index in [9.17, 15) is 4.79 Å². The molecule has 0 fully saturated rings. The molecular weight excluding hydrogens is 220 g/mol. The number of aliphatic hydroxyl groups excluding tert-OH is 1. The molecule has 1 amide bonds. The lowest BCUT2D eigenvalue weighted by Crippen LogP contribution is -2.39. The van der Waals surface area contributed by atoms with Crippen LogP contribution in [0.2, 0.25) is 0 Å². The number of aryl methyl sites for hydroxylation is 1. The molecule has 0 aromatic carbocycles. The van der Waals surface area contributed by atoms with E-state index in [1.165, 1.54) is 0 Å². The van der Waals surface area contributed by atoms with E-state index in [1.807, 2.05) is 20.8 Å². The molecule has 0 atom stereocenters. The van der Waals surface area contributed by atoms with E-state index in [0.29, 0.717) is 12.1 Å². The third kappa shape index (κ3) is 2.76. The van der Waals surface area contributed by atoms with Crippen LogP contribution >= 0.6 is 0 Å². The minimum atomic E-state index is -0.248. The number of carbonyl (C=O) groups is 1. The Morgan fingerprint density at radius 2 is 2.24 bits per heavy atom. The molecule has 96 valence electrons. The van der Waals surface area contributed by atoms with Gasteiger partial charge < -0.3 is 15.7 Å². The van der Waals surface area contributed by atoms with Crippen LogP contribution in [-0.2, 0) is 6.42 Å². The molecular formula is C11H20N4O2. The third-order valence-electron chi connectivity index (χ3n) is 2.66. The van der Waals surface area contributed by atoms with Crippen molar-refractivity contribution < 1.29 is 9.90 Å². The van der Waals surface area contributed by atoms with Gasteiger partial charge in [-0.1, -0.05) is 6.92 Å². The maximum atomic E-state index is 12.2. The highest BCUT2D eigenvalue weighted by molar-refractivity contribution is 5.97. The van der Waals surface area contributed by atoms with Crippen LogP contribution in [0.3, 0.4) is 0 Å². The average Bonchev–Trinajstić information content (AvgIpc) is 2.66. The van der Waals surface area contributed by atoms with Gasteiger partial charge in [-0.2, -0.15) is 5.10 Å². The molecule has 1 rings (SSSR count). The molecule has 1 heterocycles. The Balaban J connectivity index is 2.97. The molecule has 1 aromatic rings. The van der Waals surface area contributed by atoms with Gasteiger partial charge in [-0.15, -0.1) is 0 Å². The zero-order chi connectivity index (χ0) is 13.0. The lowest BCUT2D eigenvalue weighted by atomic mass is 10.2. The van der Waals surface area contributed by atoms with Crippen LogP contribution in [-0.4, -0.2) is 45.3 Å². The highest BCUT2D eigenvalue weighted by atomic mass is 16.3. The lowest BCUT2D eigenvalue weighted by molar-refractivity contribution is 0.0660. The third-order valence-corrected chi connectivity index (χ3v) is 2.66. The fourth-order valence-electron chi connectivity index (χ4n) is 1.66. The van der Waals surface area contributed by atoms with E-state index in [-0.39, 0.29) is 30.8 Å². The number of nitrogens with one attached hydrogen (secondary N) is 1. The van der Waals surface area contributed by atoms with Crippen molar-refractivity contribution >= 4 is 11.6 Å². The second-order valence-corrected chi connectivity index (χ2v) is 4.13. The Morgan fingerprint density at radius 3 is 2.65 bits per heavy atom. The van der Waals surface area contributed by atoms with Crippen LogP contribution in [0.5, 0.6) is 0 Å². The zero-order valence-corrected chi connectivity index (χ0v) is 10.5. The number of rotatable bonds is 5. The van der Waals surface area contributed by atoms with Gasteiger partial charge in [-0.3, -0.25) is 9.89 Å². The van der Waals surface area contributed by atoms with Crippen LogP contribution in [0.1, 0.15) is 37.0 Å². The second kappa shape index (κ2) is 5.67. The number of nitrogens with zero attached hydrogens (tertiary/aromatic N) is 2. The van der Waals surface area contributed by atoms with Gasteiger partial charge in [0.1, 0.15) is 0 Å².